The number of carbonyl (C=O) groups is 1. The van der Waals surface area contributed by atoms with Gasteiger partial charge in [-0.3, -0.25) is 4.79 Å². The fourth-order valence-electron chi connectivity index (χ4n) is 2.19. The predicted octanol–water partition coefficient (Wildman–Crippen LogP) is 0.683. The molecule has 1 saturated heterocycles. The van der Waals surface area contributed by atoms with Crippen molar-refractivity contribution in [3.05, 3.63) is 17.8 Å². The van der Waals surface area contributed by atoms with Crippen molar-refractivity contribution in [3.63, 3.8) is 0 Å². The number of thiophene rings is 1. The monoisotopic (exact) mass is 264 g/mol. The third-order valence-electron chi connectivity index (χ3n) is 3.25. The smallest absolute Gasteiger partial charge is 0.325 e. The zero-order chi connectivity index (χ0) is 12.8. The molecule has 6 nitrogen and oxygen atoms in total. The number of nitrogens with zero attached hydrogens (tertiary/aromatic N) is 3. The van der Waals surface area contributed by atoms with E-state index in [9.17, 15) is 4.79 Å². The van der Waals surface area contributed by atoms with Crippen LogP contribution in [0.4, 0.5) is 5.82 Å². The zero-order valence-corrected chi connectivity index (χ0v) is 10.4. The van der Waals surface area contributed by atoms with Gasteiger partial charge in [-0.15, -0.1) is 11.3 Å². The molecule has 0 spiro atoms. The molecule has 0 aromatic carbocycles. The van der Waals surface area contributed by atoms with Gasteiger partial charge in [0.2, 0.25) is 0 Å². The summed E-state index contributed by atoms with van der Waals surface area (Å²) in [5, 5.41) is 11.1. The third-order valence-corrected chi connectivity index (χ3v) is 4.15. The van der Waals surface area contributed by atoms with Gasteiger partial charge in [0.25, 0.3) is 0 Å². The van der Waals surface area contributed by atoms with Crippen LogP contribution in [0.2, 0.25) is 0 Å². The molecule has 18 heavy (non-hydrogen) atoms. The van der Waals surface area contributed by atoms with Crippen LogP contribution in [-0.2, 0) is 4.79 Å². The number of aliphatic carboxylic acids is 1. The van der Waals surface area contributed by atoms with Crippen LogP contribution in [0.15, 0.2) is 17.8 Å². The molecule has 3 N–H and O–H groups in total. The maximum Gasteiger partial charge on any atom is 0.325 e. The molecule has 2 aromatic rings. The average Bonchev–Trinajstić information content (AvgIpc) is 2.95. The molecule has 7 heteroatoms. The predicted molar refractivity (Wildman–Crippen MR) is 68.8 cm³/mol. The van der Waals surface area contributed by atoms with Crippen molar-refractivity contribution >= 4 is 33.3 Å². The molecule has 94 valence electrons. The Kier molecular flexibility index (Phi) is 2.46. The van der Waals surface area contributed by atoms with Gasteiger partial charge in [-0.2, -0.15) is 0 Å². The molecule has 0 radical (unpaired) electrons. The maximum atomic E-state index is 11.1. The van der Waals surface area contributed by atoms with Crippen LogP contribution in [0.1, 0.15) is 6.42 Å². The summed E-state index contributed by atoms with van der Waals surface area (Å²) in [6.45, 7) is 0.888. The highest BCUT2D eigenvalue weighted by Gasteiger charge is 2.42. The number of aromatic nitrogens is 2. The molecule has 1 aliphatic rings. The Hall–Kier alpha value is -1.73. The van der Waals surface area contributed by atoms with E-state index in [-0.39, 0.29) is 6.54 Å². The molecule has 3 rings (SSSR count). The van der Waals surface area contributed by atoms with E-state index in [1.165, 1.54) is 6.33 Å². The molecule has 2 aromatic heterocycles. The fourth-order valence-corrected chi connectivity index (χ4v) is 3.05. The number of fused-ring (bicyclic) bond motifs is 1. The Balaban J connectivity index is 1.98. The van der Waals surface area contributed by atoms with Crippen LogP contribution in [0.25, 0.3) is 10.2 Å². The van der Waals surface area contributed by atoms with Gasteiger partial charge in [0.1, 0.15) is 17.7 Å². The van der Waals surface area contributed by atoms with Gasteiger partial charge in [0, 0.05) is 13.1 Å². The zero-order valence-electron chi connectivity index (χ0n) is 9.54. The summed E-state index contributed by atoms with van der Waals surface area (Å²) in [7, 11) is 0. The lowest BCUT2D eigenvalue weighted by atomic mass is 10.0. The molecule has 1 fully saturated rings. The molecular formula is C11H12N4O2S. The SMILES string of the molecule is NC1(C(=O)O)CCN(c2ncnc3ccsc23)C1. The van der Waals surface area contributed by atoms with Crippen molar-refractivity contribution in [3.8, 4) is 0 Å². The Bertz CT molecular complexity index is 614. The van der Waals surface area contributed by atoms with Gasteiger partial charge in [-0.25, -0.2) is 9.97 Å². The normalized spacial score (nSPS) is 23.7. The largest absolute Gasteiger partial charge is 0.480 e. The van der Waals surface area contributed by atoms with E-state index in [1.807, 2.05) is 16.3 Å². The van der Waals surface area contributed by atoms with Crippen LogP contribution >= 0.6 is 11.3 Å². The Morgan fingerprint density at radius 2 is 2.39 bits per heavy atom. The van der Waals surface area contributed by atoms with E-state index >= 15 is 0 Å². The summed E-state index contributed by atoms with van der Waals surface area (Å²) >= 11 is 1.55. The van der Waals surface area contributed by atoms with Crippen LogP contribution in [0.3, 0.4) is 0 Å². The first-order valence-electron chi connectivity index (χ1n) is 5.56. The molecule has 0 amide bonds. The summed E-state index contributed by atoms with van der Waals surface area (Å²) in [5.74, 6) is -0.176. The van der Waals surface area contributed by atoms with E-state index in [0.717, 1.165) is 16.0 Å². The molecule has 1 atom stereocenters. The molecule has 1 aliphatic heterocycles. The number of carboxylic acids is 1. The first kappa shape index (κ1) is 11.4. The summed E-state index contributed by atoms with van der Waals surface area (Å²) in [4.78, 5) is 21.5. The van der Waals surface area contributed by atoms with E-state index in [2.05, 4.69) is 9.97 Å². The second-order valence-electron chi connectivity index (χ2n) is 4.47. The highest BCUT2D eigenvalue weighted by Crippen LogP contribution is 2.31. The lowest BCUT2D eigenvalue weighted by Crippen LogP contribution is -2.50. The second kappa shape index (κ2) is 3.89. The van der Waals surface area contributed by atoms with Gasteiger partial charge in [-0.05, 0) is 17.9 Å². The summed E-state index contributed by atoms with van der Waals surface area (Å²) in [6.07, 6.45) is 1.93. The van der Waals surface area contributed by atoms with Crippen molar-refractivity contribution in [1.29, 1.82) is 0 Å². The number of hydrogen-bond donors (Lipinski definition) is 2. The number of hydrogen-bond acceptors (Lipinski definition) is 6. The molecule has 0 aliphatic carbocycles. The van der Waals surface area contributed by atoms with Gasteiger partial charge in [-0.1, -0.05) is 0 Å². The Morgan fingerprint density at radius 1 is 1.56 bits per heavy atom. The third kappa shape index (κ3) is 1.63. The van der Waals surface area contributed by atoms with Crippen LogP contribution in [0.5, 0.6) is 0 Å². The topological polar surface area (TPSA) is 92.3 Å². The standard InChI is InChI=1S/C11H12N4O2S/c12-11(10(16)17)2-3-15(5-11)9-8-7(1-4-18-8)13-6-14-9/h1,4,6H,2-3,5,12H2,(H,16,17). The highest BCUT2D eigenvalue weighted by molar-refractivity contribution is 7.17. The van der Waals surface area contributed by atoms with E-state index in [4.69, 9.17) is 10.8 Å². The Morgan fingerprint density at radius 3 is 3.11 bits per heavy atom. The lowest BCUT2D eigenvalue weighted by molar-refractivity contribution is -0.142. The van der Waals surface area contributed by atoms with Crippen LogP contribution < -0.4 is 10.6 Å². The maximum absolute atomic E-state index is 11.1. The minimum atomic E-state index is -1.17. The number of anilines is 1. The lowest BCUT2D eigenvalue weighted by Gasteiger charge is -2.20. The van der Waals surface area contributed by atoms with Crippen molar-refractivity contribution in [2.75, 3.05) is 18.0 Å². The van der Waals surface area contributed by atoms with Crippen molar-refractivity contribution in [2.45, 2.75) is 12.0 Å². The molecule has 1 unspecified atom stereocenters. The van der Waals surface area contributed by atoms with E-state index in [1.54, 1.807) is 11.3 Å². The van der Waals surface area contributed by atoms with Crippen LogP contribution in [-0.4, -0.2) is 39.7 Å². The average molecular weight is 264 g/mol. The summed E-state index contributed by atoms with van der Waals surface area (Å²) in [5.41, 5.74) is 5.58. The van der Waals surface area contributed by atoms with E-state index < -0.39 is 11.5 Å². The van der Waals surface area contributed by atoms with Crippen molar-refractivity contribution in [1.82, 2.24) is 9.97 Å². The first-order valence-corrected chi connectivity index (χ1v) is 6.43. The summed E-state index contributed by atoms with van der Waals surface area (Å²) < 4.78 is 0.979. The summed E-state index contributed by atoms with van der Waals surface area (Å²) in [6, 6.07) is 1.92. The number of rotatable bonds is 2. The van der Waals surface area contributed by atoms with Crippen LogP contribution in [0, 0.1) is 0 Å². The van der Waals surface area contributed by atoms with Crippen molar-refractivity contribution < 1.29 is 9.90 Å². The Labute approximate surface area is 107 Å². The molecular weight excluding hydrogens is 252 g/mol. The molecule has 0 bridgehead atoms. The van der Waals surface area contributed by atoms with Crippen molar-refractivity contribution in [2.24, 2.45) is 5.73 Å². The molecule has 0 saturated carbocycles. The quantitative estimate of drug-likeness (QED) is 0.828. The molecule has 3 heterocycles. The number of nitrogens with two attached hydrogens (primary N) is 1. The van der Waals surface area contributed by atoms with E-state index in [0.29, 0.717) is 13.0 Å². The minimum absolute atomic E-state index is 0.284. The van der Waals surface area contributed by atoms with Gasteiger partial charge in [0.05, 0.1) is 10.2 Å². The highest BCUT2D eigenvalue weighted by atomic mass is 32.1. The van der Waals surface area contributed by atoms with Gasteiger partial charge >= 0.3 is 5.97 Å². The second-order valence-corrected chi connectivity index (χ2v) is 5.38. The fraction of sp³-hybridized carbons (Fsp3) is 0.364. The van der Waals surface area contributed by atoms with Gasteiger partial charge < -0.3 is 15.7 Å². The van der Waals surface area contributed by atoms with Gasteiger partial charge in [0.15, 0.2) is 0 Å². The first-order chi connectivity index (χ1) is 8.60. The minimum Gasteiger partial charge on any atom is -0.480 e. The number of carboxylic acid groups (broad SMARTS) is 1.